The van der Waals surface area contributed by atoms with E-state index in [4.69, 9.17) is 15.6 Å². The maximum atomic E-state index is 12.1. The van der Waals surface area contributed by atoms with E-state index >= 15 is 0 Å². The number of nitrogens with two attached hydrogens (primary N) is 1. The Balaban J connectivity index is 4.48. The summed E-state index contributed by atoms with van der Waals surface area (Å²) in [6.45, 7) is 3.97. The van der Waals surface area contributed by atoms with E-state index in [1.807, 2.05) is 13.8 Å². The van der Waals surface area contributed by atoms with Crippen molar-refractivity contribution in [2.75, 3.05) is 20.3 Å². The molecule has 0 aromatic heterocycles. The minimum atomic E-state index is -1.02. The number of hydrogen-bond donors (Lipinski definition) is 2. The fourth-order valence-electron chi connectivity index (χ4n) is 1.60. The van der Waals surface area contributed by atoms with Crippen LogP contribution in [0.25, 0.3) is 0 Å². The Bertz CT molecular complexity index is 271. The van der Waals surface area contributed by atoms with Crippen molar-refractivity contribution in [1.29, 1.82) is 0 Å². The molecule has 3 N–H and O–H groups in total. The molecule has 0 aliphatic rings. The molecule has 6 nitrogen and oxygen atoms in total. The zero-order valence-electron chi connectivity index (χ0n) is 11.4. The van der Waals surface area contributed by atoms with Crippen LogP contribution in [0.1, 0.15) is 33.1 Å². The number of carboxylic acids is 1. The van der Waals surface area contributed by atoms with Crippen LogP contribution in [0, 0.1) is 0 Å². The minimum absolute atomic E-state index is 0.123. The highest BCUT2D eigenvalue weighted by Crippen LogP contribution is 2.08. The molecule has 0 heterocycles. The topological polar surface area (TPSA) is 92.9 Å². The van der Waals surface area contributed by atoms with Crippen molar-refractivity contribution < 1.29 is 19.4 Å². The number of ether oxygens (including phenoxy) is 1. The summed E-state index contributed by atoms with van der Waals surface area (Å²) in [5.41, 5.74) is 5.79. The monoisotopic (exact) mass is 260 g/mol. The van der Waals surface area contributed by atoms with Crippen LogP contribution in [0.5, 0.6) is 0 Å². The van der Waals surface area contributed by atoms with Gasteiger partial charge in [0.1, 0.15) is 6.54 Å². The summed E-state index contributed by atoms with van der Waals surface area (Å²) in [5.74, 6) is -1.32. The summed E-state index contributed by atoms with van der Waals surface area (Å²) in [7, 11) is 1.59. The lowest BCUT2D eigenvalue weighted by molar-refractivity contribution is -0.146. The first-order chi connectivity index (χ1) is 8.43. The van der Waals surface area contributed by atoms with Crippen molar-refractivity contribution in [3.8, 4) is 0 Å². The van der Waals surface area contributed by atoms with Gasteiger partial charge in [-0.3, -0.25) is 9.59 Å². The lowest BCUT2D eigenvalue weighted by Crippen LogP contribution is -2.49. The molecule has 0 aromatic rings. The predicted molar refractivity (Wildman–Crippen MR) is 68.2 cm³/mol. The third kappa shape index (κ3) is 5.97. The number of methoxy groups -OCH3 is 1. The standard InChI is InChI=1S/C12H24N2O4/c1-4-9(2)14(8-11(15)16)12(17)10(13)6-5-7-18-3/h9-10H,4-8,13H2,1-3H3,(H,15,16). The molecule has 0 saturated carbocycles. The Hall–Kier alpha value is -1.14. The SMILES string of the molecule is CCC(C)N(CC(=O)O)C(=O)C(N)CCCOC. The molecule has 0 rings (SSSR count). The van der Waals surface area contributed by atoms with Crippen LogP contribution >= 0.6 is 0 Å². The smallest absolute Gasteiger partial charge is 0.323 e. The second-order valence-corrected chi connectivity index (χ2v) is 4.36. The van der Waals surface area contributed by atoms with Gasteiger partial charge < -0.3 is 20.5 Å². The van der Waals surface area contributed by atoms with Crippen molar-refractivity contribution in [1.82, 2.24) is 4.90 Å². The molecular formula is C12H24N2O4. The van der Waals surface area contributed by atoms with Crippen LogP contribution in [0.2, 0.25) is 0 Å². The Labute approximate surface area is 108 Å². The van der Waals surface area contributed by atoms with E-state index in [-0.39, 0.29) is 18.5 Å². The number of carbonyl (C=O) groups excluding carboxylic acids is 1. The average Bonchev–Trinajstić information content (AvgIpc) is 2.34. The minimum Gasteiger partial charge on any atom is -0.480 e. The van der Waals surface area contributed by atoms with Crippen molar-refractivity contribution >= 4 is 11.9 Å². The summed E-state index contributed by atoms with van der Waals surface area (Å²) in [4.78, 5) is 24.2. The molecule has 1 amide bonds. The van der Waals surface area contributed by atoms with E-state index in [1.165, 1.54) is 4.90 Å². The second-order valence-electron chi connectivity index (χ2n) is 4.36. The van der Waals surface area contributed by atoms with Gasteiger partial charge in [0.2, 0.25) is 5.91 Å². The largest absolute Gasteiger partial charge is 0.480 e. The summed E-state index contributed by atoms with van der Waals surface area (Å²) in [5, 5.41) is 8.82. The molecule has 0 aliphatic carbocycles. The van der Waals surface area contributed by atoms with Gasteiger partial charge in [0, 0.05) is 19.8 Å². The van der Waals surface area contributed by atoms with Crippen LogP contribution in [-0.4, -0.2) is 54.2 Å². The van der Waals surface area contributed by atoms with Crippen LogP contribution < -0.4 is 5.73 Å². The zero-order chi connectivity index (χ0) is 14.1. The number of rotatable bonds is 9. The van der Waals surface area contributed by atoms with Crippen LogP contribution in [0.3, 0.4) is 0 Å². The Morgan fingerprint density at radius 1 is 1.44 bits per heavy atom. The maximum absolute atomic E-state index is 12.1. The van der Waals surface area contributed by atoms with Gasteiger partial charge >= 0.3 is 5.97 Å². The molecule has 0 fully saturated rings. The van der Waals surface area contributed by atoms with Crippen LogP contribution in [0.4, 0.5) is 0 Å². The third-order valence-corrected chi connectivity index (χ3v) is 2.89. The summed E-state index contributed by atoms with van der Waals surface area (Å²) in [6.07, 6.45) is 1.88. The predicted octanol–water partition coefficient (Wildman–Crippen LogP) is 0.452. The molecule has 6 heteroatoms. The number of aliphatic carboxylic acids is 1. The van der Waals surface area contributed by atoms with E-state index in [0.717, 1.165) is 0 Å². The van der Waals surface area contributed by atoms with Crippen molar-refractivity contribution in [2.24, 2.45) is 5.73 Å². The van der Waals surface area contributed by atoms with E-state index in [0.29, 0.717) is 25.9 Å². The molecule has 0 bridgehead atoms. The molecule has 0 aromatic carbocycles. The van der Waals surface area contributed by atoms with E-state index in [9.17, 15) is 9.59 Å². The van der Waals surface area contributed by atoms with E-state index < -0.39 is 12.0 Å². The highest BCUT2D eigenvalue weighted by molar-refractivity contribution is 5.85. The maximum Gasteiger partial charge on any atom is 0.323 e. The second kappa shape index (κ2) is 8.88. The lowest BCUT2D eigenvalue weighted by atomic mass is 10.1. The lowest BCUT2D eigenvalue weighted by Gasteiger charge is -2.29. The van der Waals surface area contributed by atoms with E-state index in [1.54, 1.807) is 7.11 Å². The quantitative estimate of drug-likeness (QED) is 0.587. The normalized spacial score (nSPS) is 14.0. The van der Waals surface area contributed by atoms with E-state index in [2.05, 4.69) is 0 Å². The van der Waals surface area contributed by atoms with Gasteiger partial charge in [0.25, 0.3) is 0 Å². The van der Waals surface area contributed by atoms with Gasteiger partial charge in [0.05, 0.1) is 6.04 Å². The van der Waals surface area contributed by atoms with Crippen molar-refractivity contribution in [3.63, 3.8) is 0 Å². The van der Waals surface area contributed by atoms with Crippen molar-refractivity contribution in [3.05, 3.63) is 0 Å². The van der Waals surface area contributed by atoms with Crippen LogP contribution in [-0.2, 0) is 14.3 Å². The van der Waals surface area contributed by atoms with Gasteiger partial charge in [-0.1, -0.05) is 6.92 Å². The number of carboxylic acid groups (broad SMARTS) is 1. The Morgan fingerprint density at radius 2 is 2.06 bits per heavy atom. The molecule has 2 unspecified atom stereocenters. The van der Waals surface area contributed by atoms with Gasteiger partial charge in [-0.05, 0) is 26.2 Å². The first kappa shape index (κ1) is 16.9. The van der Waals surface area contributed by atoms with Gasteiger partial charge in [-0.15, -0.1) is 0 Å². The molecule has 0 radical (unpaired) electrons. The number of nitrogens with zero attached hydrogens (tertiary/aromatic N) is 1. The highest BCUT2D eigenvalue weighted by atomic mass is 16.5. The summed E-state index contributed by atoms with van der Waals surface area (Å²) in [6, 6.07) is -0.782. The van der Waals surface area contributed by atoms with Crippen molar-refractivity contribution in [2.45, 2.75) is 45.2 Å². The number of carbonyl (C=O) groups is 2. The number of amides is 1. The fraction of sp³-hybridized carbons (Fsp3) is 0.833. The summed E-state index contributed by atoms with van der Waals surface area (Å²) < 4.78 is 4.89. The van der Waals surface area contributed by atoms with Gasteiger partial charge in [-0.25, -0.2) is 0 Å². The molecule has 106 valence electrons. The first-order valence-electron chi connectivity index (χ1n) is 6.20. The molecule has 0 spiro atoms. The molecule has 0 saturated heterocycles. The first-order valence-corrected chi connectivity index (χ1v) is 6.20. The molecule has 2 atom stereocenters. The summed E-state index contributed by atoms with van der Waals surface area (Å²) >= 11 is 0. The Morgan fingerprint density at radius 3 is 2.50 bits per heavy atom. The molecule has 0 aliphatic heterocycles. The zero-order valence-corrected chi connectivity index (χ0v) is 11.4. The molecule has 18 heavy (non-hydrogen) atoms. The van der Waals surface area contributed by atoms with Crippen LogP contribution in [0.15, 0.2) is 0 Å². The third-order valence-electron chi connectivity index (χ3n) is 2.89. The highest BCUT2D eigenvalue weighted by Gasteiger charge is 2.25. The number of hydrogen-bond acceptors (Lipinski definition) is 4. The van der Waals surface area contributed by atoms with Gasteiger partial charge in [0.15, 0.2) is 0 Å². The molecular weight excluding hydrogens is 236 g/mol. The fourth-order valence-corrected chi connectivity index (χ4v) is 1.60. The van der Waals surface area contributed by atoms with Gasteiger partial charge in [-0.2, -0.15) is 0 Å². The Kier molecular flexibility index (Phi) is 8.32. The average molecular weight is 260 g/mol.